The summed E-state index contributed by atoms with van der Waals surface area (Å²) in [6.07, 6.45) is 2.04. The van der Waals surface area contributed by atoms with E-state index in [9.17, 15) is 5.11 Å². The standard InChI is InChI=1S/C23H30Br2O2.C10H13BrO.C3H6Br2.CH2O3.2K.H/c1-22(2,3)16-8-10-18(24)20(14-16)26-12-7-13-27-21-15-17(23(4,5)6)9-11-19(21)25;1-10(2,3)7-4-5-8(11)9(12)6-7;4-2-1-3-5;2-1-4-3;;;/h8-11,14-15H,7,12-13H2,1-6H3;4-6,12H,1-3H3;1-3H2;1,3H;;;/q;;;;2*+1;-1/p-1. The molecular weight excluding hydrogens is 1020 g/mol. The molecule has 3 rings (SSSR count). The number of ether oxygens (including phenoxy) is 2. The summed E-state index contributed by atoms with van der Waals surface area (Å²) in [4.78, 5) is 11.2. The van der Waals surface area contributed by atoms with Gasteiger partial charge in [-0.15, -0.1) is 0 Å². The predicted molar refractivity (Wildman–Crippen MR) is 216 cm³/mol. The van der Waals surface area contributed by atoms with Gasteiger partial charge in [-0.1, -0.05) is 112 Å². The third-order valence-corrected chi connectivity index (χ3v) is 9.62. The second-order valence-electron chi connectivity index (χ2n) is 13.7. The van der Waals surface area contributed by atoms with Gasteiger partial charge in [0.25, 0.3) is 6.47 Å². The van der Waals surface area contributed by atoms with Gasteiger partial charge in [0, 0.05) is 17.1 Å². The number of alkyl halides is 2. The minimum Gasteiger partial charge on any atom is -1.00 e. The van der Waals surface area contributed by atoms with E-state index in [2.05, 4.69) is 183 Å². The van der Waals surface area contributed by atoms with Crippen LogP contribution in [0, 0.1) is 0 Å². The molecule has 0 fully saturated rings. The van der Waals surface area contributed by atoms with E-state index in [0.717, 1.165) is 47.6 Å². The molecule has 0 saturated carbocycles. The van der Waals surface area contributed by atoms with E-state index in [1.807, 2.05) is 12.1 Å². The Bertz CT molecular complexity index is 1310. The Morgan fingerprint density at radius 3 is 1.22 bits per heavy atom. The number of benzene rings is 3. The van der Waals surface area contributed by atoms with E-state index in [1.165, 1.54) is 17.5 Å². The van der Waals surface area contributed by atoms with Gasteiger partial charge in [0.1, 0.15) is 17.2 Å². The van der Waals surface area contributed by atoms with E-state index >= 15 is 0 Å². The van der Waals surface area contributed by atoms with E-state index in [1.54, 1.807) is 6.07 Å². The van der Waals surface area contributed by atoms with Crippen molar-refractivity contribution in [3.63, 3.8) is 0 Å². The molecule has 0 aliphatic heterocycles. The summed E-state index contributed by atoms with van der Waals surface area (Å²) in [7, 11) is 0. The third-order valence-electron chi connectivity index (χ3n) is 6.52. The van der Waals surface area contributed by atoms with Crippen molar-refractivity contribution < 1.29 is 134 Å². The second-order valence-corrected chi connectivity index (χ2v) is 17.8. The summed E-state index contributed by atoms with van der Waals surface area (Å²) in [6.45, 7) is 20.6. The molecule has 0 radical (unpaired) electrons. The minimum absolute atomic E-state index is 0. The van der Waals surface area contributed by atoms with E-state index in [-0.39, 0.29) is 127 Å². The van der Waals surface area contributed by atoms with Crippen LogP contribution in [-0.2, 0) is 25.9 Å². The molecular formula is C37H51Br5K2O6. The van der Waals surface area contributed by atoms with Gasteiger partial charge >= 0.3 is 103 Å². The third kappa shape index (κ3) is 24.6. The first-order valence-corrected chi connectivity index (χ1v) is 20.0. The Balaban J connectivity index is -0.000000382. The molecule has 3 aromatic rings. The molecule has 0 bridgehead atoms. The molecule has 0 spiro atoms. The Morgan fingerprint density at radius 2 is 0.960 bits per heavy atom. The Kier molecular flexibility index (Phi) is 33.2. The number of phenols is 1. The summed E-state index contributed by atoms with van der Waals surface area (Å²) in [5.41, 5.74) is 3.97. The van der Waals surface area contributed by atoms with E-state index < -0.39 is 0 Å². The van der Waals surface area contributed by atoms with E-state index in [0.29, 0.717) is 19.0 Å². The molecule has 0 saturated heterocycles. The molecule has 0 amide bonds. The molecule has 3 aromatic carbocycles. The molecule has 0 aliphatic carbocycles. The van der Waals surface area contributed by atoms with Gasteiger partial charge in [-0.2, -0.15) is 0 Å². The van der Waals surface area contributed by atoms with Crippen molar-refractivity contribution in [3.8, 4) is 17.2 Å². The molecule has 0 unspecified atom stereocenters. The summed E-state index contributed by atoms with van der Waals surface area (Å²) in [6, 6.07) is 18.3. The number of carbonyl (C=O) groups is 1. The number of aromatic hydroxyl groups is 1. The van der Waals surface area contributed by atoms with E-state index in [4.69, 9.17) is 19.5 Å². The topological polar surface area (TPSA) is 88.0 Å². The Labute approximate surface area is 429 Å². The van der Waals surface area contributed by atoms with Crippen molar-refractivity contribution in [2.45, 2.75) is 91.4 Å². The quantitative estimate of drug-likeness (QED) is 0.0726. The summed E-state index contributed by atoms with van der Waals surface area (Å²) in [5, 5.41) is 20.1. The van der Waals surface area contributed by atoms with Crippen molar-refractivity contribution in [2.24, 2.45) is 0 Å². The molecule has 13 heteroatoms. The van der Waals surface area contributed by atoms with Crippen LogP contribution in [0.2, 0.25) is 0 Å². The maximum absolute atomic E-state index is 9.42. The van der Waals surface area contributed by atoms with Crippen molar-refractivity contribution >= 4 is 86.1 Å². The fraction of sp³-hybridized carbons (Fsp3) is 0.486. The van der Waals surface area contributed by atoms with Crippen LogP contribution in [0.3, 0.4) is 0 Å². The van der Waals surface area contributed by atoms with Crippen molar-refractivity contribution in [1.82, 2.24) is 0 Å². The zero-order valence-corrected chi connectivity index (χ0v) is 45.6. The largest absolute Gasteiger partial charge is 1.00 e. The number of hydrogen-bond donors (Lipinski definition) is 1. The summed E-state index contributed by atoms with van der Waals surface area (Å²) in [5.74, 6) is 2.08. The van der Waals surface area contributed by atoms with Crippen molar-refractivity contribution in [1.29, 1.82) is 0 Å². The van der Waals surface area contributed by atoms with Crippen LogP contribution in [0.15, 0.2) is 68.0 Å². The van der Waals surface area contributed by atoms with Crippen LogP contribution in [0.4, 0.5) is 0 Å². The second kappa shape index (κ2) is 29.4. The minimum atomic E-state index is -0.181. The maximum atomic E-state index is 9.42. The van der Waals surface area contributed by atoms with Crippen LogP contribution in [0.5, 0.6) is 17.2 Å². The number of halogens is 5. The average Bonchev–Trinajstić information content (AvgIpc) is 2.99. The van der Waals surface area contributed by atoms with Crippen LogP contribution < -0.4 is 118 Å². The molecule has 272 valence electrons. The first-order valence-electron chi connectivity index (χ1n) is 15.4. The van der Waals surface area contributed by atoms with Crippen LogP contribution in [-0.4, -0.2) is 35.5 Å². The SMILES string of the molecule is BrCCCBr.CC(C)(C)c1ccc(Br)c(O)c1.CC(C)(C)c1ccc(Br)c(OCCCOc2cc(C(C)(C)C)ccc2Br)c1.O=CO[O-].[H-].[K+].[K+]. The Morgan fingerprint density at radius 1 is 0.640 bits per heavy atom. The average molecular weight is 1070 g/mol. The van der Waals surface area contributed by atoms with Crippen LogP contribution in [0.1, 0.15) is 93.3 Å². The van der Waals surface area contributed by atoms with Crippen LogP contribution in [0.25, 0.3) is 0 Å². The van der Waals surface area contributed by atoms with Crippen molar-refractivity contribution in [3.05, 3.63) is 84.7 Å². The smallest absolute Gasteiger partial charge is 1.00 e. The molecule has 0 aliphatic rings. The van der Waals surface area contributed by atoms with Crippen molar-refractivity contribution in [2.75, 3.05) is 23.9 Å². The maximum Gasteiger partial charge on any atom is 1.00 e. The Hall–Kier alpha value is 2.16. The predicted octanol–water partition coefficient (Wildman–Crippen LogP) is 5.83. The molecule has 50 heavy (non-hydrogen) atoms. The zero-order chi connectivity index (χ0) is 37.1. The van der Waals surface area contributed by atoms with Crippen LogP contribution >= 0.6 is 79.6 Å². The van der Waals surface area contributed by atoms with Gasteiger partial charge in [-0.25, -0.2) is 0 Å². The zero-order valence-electron chi connectivity index (χ0n) is 32.4. The van der Waals surface area contributed by atoms with Gasteiger partial charge in [0.2, 0.25) is 0 Å². The molecule has 0 heterocycles. The van der Waals surface area contributed by atoms with Gasteiger partial charge in [-0.3, -0.25) is 4.79 Å². The number of rotatable bonds is 9. The molecule has 0 atom stereocenters. The van der Waals surface area contributed by atoms with Gasteiger partial charge < -0.3 is 26.2 Å². The molecule has 6 nitrogen and oxygen atoms in total. The summed E-state index contributed by atoms with van der Waals surface area (Å²) >= 11 is 17.0. The van der Waals surface area contributed by atoms with Gasteiger partial charge in [0.15, 0.2) is 0 Å². The fourth-order valence-corrected chi connectivity index (χ4v) is 5.90. The number of hydrogen-bond acceptors (Lipinski definition) is 6. The first-order chi connectivity index (χ1) is 22.2. The number of carbonyl (C=O) groups excluding carboxylic acids is 1. The number of phenolic OH excluding ortho intramolecular Hbond substituents is 1. The summed E-state index contributed by atoms with van der Waals surface area (Å²) < 4.78 is 14.7. The monoisotopic (exact) mass is 1060 g/mol. The first kappa shape index (κ1) is 56.5. The van der Waals surface area contributed by atoms with Gasteiger partial charge in [-0.05, 0) is 124 Å². The fourth-order valence-electron chi connectivity index (χ4n) is 3.61. The van der Waals surface area contributed by atoms with Gasteiger partial charge in [0.05, 0.1) is 26.6 Å². The molecule has 1 N–H and O–H groups in total. The molecule has 0 aromatic heterocycles. The normalized spacial score (nSPS) is 10.6.